The highest BCUT2D eigenvalue weighted by molar-refractivity contribution is 6.46. The SMILES string of the molecule is CCCOc1cccc(/C(O)=C2\C(=O)C(=O)N(Cc3cccnc3)C2c2ccc(OC)cc2)c1. The minimum Gasteiger partial charge on any atom is -0.507 e. The van der Waals surface area contributed by atoms with E-state index in [9.17, 15) is 14.7 Å². The number of aliphatic hydroxyl groups excluding tert-OH is 1. The summed E-state index contributed by atoms with van der Waals surface area (Å²) in [4.78, 5) is 31.9. The Bertz CT molecular complexity index is 1210. The highest BCUT2D eigenvalue weighted by Crippen LogP contribution is 2.41. The van der Waals surface area contributed by atoms with Gasteiger partial charge in [0.2, 0.25) is 0 Å². The van der Waals surface area contributed by atoms with Crippen LogP contribution in [0.5, 0.6) is 11.5 Å². The zero-order valence-electron chi connectivity index (χ0n) is 19.1. The van der Waals surface area contributed by atoms with Crippen LogP contribution in [0, 0.1) is 0 Å². The van der Waals surface area contributed by atoms with Crippen molar-refractivity contribution >= 4 is 17.4 Å². The van der Waals surface area contributed by atoms with Crippen LogP contribution in [0.25, 0.3) is 5.76 Å². The van der Waals surface area contributed by atoms with Gasteiger partial charge in [-0.05, 0) is 47.9 Å². The summed E-state index contributed by atoms with van der Waals surface area (Å²) in [7, 11) is 1.57. The molecule has 174 valence electrons. The number of nitrogens with zero attached hydrogens (tertiary/aromatic N) is 2. The second-order valence-electron chi connectivity index (χ2n) is 7.94. The number of ether oxygens (including phenoxy) is 2. The van der Waals surface area contributed by atoms with Gasteiger partial charge in [0.25, 0.3) is 11.7 Å². The zero-order valence-corrected chi connectivity index (χ0v) is 19.1. The molecule has 1 N–H and O–H groups in total. The van der Waals surface area contributed by atoms with Crippen LogP contribution in [-0.2, 0) is 16.1 Å². The average Bonchev–Trinajstić information content (AvgIpc) is 3.12. The first-order valence-corrected chi connectivity index (χ1v) is 11.1. The molecule has 0 spiro atoms. The van der Waals surface area contributed by atoms with Crippen molar-refractivity contribution in [2.75, 3.05) is 13.7 Å². The van der Waals surface area contributed by atoms with Crippen molar-refractivity contribution < 1.29 is 24.2 Å². The van der Waals surface area contributed by atoms with Gasteiger partial charge in [0.1, 0.15) is 17.3 Å². The number of carbonyl (C=O) groups is 2. The Morgan fingerprint density at radius 3 is 2.53 bits per heavy atom. The summed E-state index contributed by atoms with van der Waals surface area (Å²) in [6.45, 7) is 2.71. The third kappa shape index (κ3) is 4.64. The highest BCUT2D eigenvalue weighted by atomic mass is 16.5. The molecule has 7 heteroatoms. The lowest BCUT2D eigenvalue weighted by Crippen LogP contribution is -2.29. The number of benzene rings is 2. The molecule has 1 unspecified atom stereocenters. The Labute approximate surface area is 198 Å². The standard InChI is InChI=1S/C27H26N2O5/c1-3-14-34-22-8-4-7-20(15-22)25(30)23-24(19-9-11-21(33-2)12-10-19)29(27(32)26(23)31)17-18-6-5-13-28-16-18/h4-13,15-16,24,30H,3,14,17H2,1-2H3/b25-23+. The number of Topliss-reactive ketones (excluding diaryl/α,β-unsaturated/α-hetero) is 1. The van der Waals surface area contributed by atoms with E-state index in [2.05, 4.69) is 4.98 Å². The Hall–Kier alpha value is -4.13. The number of likely N-dealkylation sites (tertiary alicyclic amines) is 1. The topological polar surface area (TPSA) is 89.0 Å². The fourth-order valence-corrected chi connectivity index (χ4v) is 3.97. The molecule has 1 atom stereocenters. The van der Waals surface area contributed by atoms with Crippen LogP contribution in [0.1, 0.15) is 36.1 Å². The van der Waals surface area contributed by atoms with Crippen molar-refractivity contribution in [2.24, 2.45) is 0 Å². The molecule has 3 aromatic rings. The van der Waals surface area contributed by atoms with E-state index in [4.69, 9.17) is 9.47 Å². The summed E-state index contributed by atoms with van der Waals surface area (Å²) in [5.41, 5.74) is 1.90. The van der Waals surface area contributed by atoms with Crippen molar-refractivity contribution in [1.82, 2.24) is 9.88 Å². The lowest BCUT2D eigenvalue weighted by atomic mass is 9.95. The van der Waals surface area contributed by atoms with E-state index in [1.54, 1.807) is 74.1 Å². The van der Waals surface area contributed by atoms with E-state index in [0.717, 1.165) is 12.0 Å². The molecule has 2 heterocycles. The van der Waals surface area contributed by atoms with Crippen LogP contribution in [0.2, 0.25) is 0 Å². The van der Waals surface area contributed by atoms with Crippen LogP contribution in [0.15, 0.2) is 78.6 Å². The van der Waals surface area contributed by atoms with Gasteiger partial charge in [-0.1, -0.05) is 37.3 Å². The monoisotopic (exact) mass is 458 g/mol. The van der Waals surface area contributed by atoms with Crippen LogP contribution in [-0.4, -0.2) is 40.4 Å². The summed E-state index contributed by atoms with van der Waals surface area (Å²) in [6, 6.07) is 16.8. The Balaban J connectivity index is 1.81. The average molecular weight is 459 g/mol. The first-order valence-electron chi connectivity index (χ1n) is 11.1. The molecule has 1 amide bonds. The van der Waals surface area contributed by atoms with Crippen molar-refractivity contribution in [2.45, 2.75) is 25.9 Å². The Morgan fingerprint density at radius 1 is 1.06 bits per heavy atom. The molecule has 1 saturated heterocycles. The van der Waals surface area contributed by atoms with Gasteiger partial charge in [-0.25, -0.2) is 0 Å². The first kappa shape index (κ1) is 23.0. The lowest BCUT2D eigenvalue weighted by molar-refractivity contribution is -0.140. The van der Waals surface area contributed by atoms with Gasteiger partial charge in [0, 0.05) is 24.5 Å². The normalized spacial score (nSPS) is 17.1. The van der Waals surface area contributed by atoms with Crippen molar-refractivity contribution in [3.05, 3.63) is 95.3 Å². The zero-order chi connectivity index (χ0) is 24.1. The molecule has 0 bridgehead atoms. The minimum absolute atomic E-state index is 0.0340. The van der Waals surface area contributed by atoms with Crippen LogP contribution in [0.3, 0.4) is 0 Å². The van der Waals surface area contributed by atoms with Crippen LogP contribution in [0.4, 0.5) is 0 Å². The summed E-state index contributed by atoms with van der Waals surface area (Å²) in [5.74, 6) is -0.424. The van der Waals surface area contributed by atoms with E-state index in [0.29, 0.717) is 29.2 Å². The Kier molecular flexibility index (Phi) is 6.92. The number of rotatable bonds is 8. The molecule has 34 heavy (non-hydrogen) atoms. The van der Waals surface area contributed by atoms with Crippen LogP contribution >= 0.6 is 0 Å². The summed E-state index contributed by atoms with van der Waals surface area (Å²) in [6.07, 6.45) is 4.14. The number of aliphatic hydroxyl groups is 1. The third-order valence-corrected chi connectivity index (χ3v) is 5.63. The number of aromatic nitrogens is 1. The van der Waals surface area contributed by atoms with Crippen molar-refractivity contribution in [1.29, 1.82) is 0 Å². The van der Waals surface area contributed by atoms with Gasteiger partial charge < -0.3 is 19.5 Å². The molecular formula is C27H26N2O5. The van der Waals surface area contributed by atoms with E-state index >= 15 is 0 Å². The van der Waals surface area contributed by atoms with Gasteiger partial charge in [0.05, 0.1) is 25.3 Å². The van der Waals surface area contributed by atoms with Gasteiger partial charge >= 0.3 is 0 Å². The second-order valence-corrected chi connectivity index (χ2v) is 7.94. The maximum absolute atomic E-state index is 13.2. The molecule has 7 nitrogen and oxygen atoms in total. The van der Waals surface area contributed by atoms with E-state index in [1.165, 1.54) is 4.90 Å². The molecule has 4 rings (SSSR count). The largest absolute Gasteiger partial charge is 0.507 e. The summed E-state index contributed by atoms with van der Waals surface area (Å²) in [5, 5.41) is 11.3. The minimum atomic E-state index is -0.772. The number of methoxy groups -OCH3 is 1. The number of ketones is 1. The summed E-state index contributed by atoms with van der Waals surface area (Å²) >= 11 is 0. The van der Waals surface area contributed by atoms with Crippen molar-refractivity contribution in [3.8, 4) is 11.5 Å². The van der Waals surface area contributed by atoms with E-state index in [-0.39, 0.29) is 17.9 Å². The second kappa shape index (κ2) is 10.2. The molecule has 2 aromatic carbocycles. The molecule has 1 aromatic heterocycles. The van der Waals surface area contributed by atoms with E-state index in [1.807, 2.05) is 13.0 Å². The lowest BCUT2D eigenvalue weighted by Gasteiger charge is -2.25. The predicted octanol–water partition coefficient (Wildman–Crippen LogP) is 4.50. The molecule has 0 aliphatic carbocycles. The van der Waals surface area contributed by atoms with Gasteiger partial charge in [-0.3, -0.25) is 14.6 Å². The number of amides is 1. The number of pyridine rings is 1. The fraction of sp³-hybridized carbons (Fsp3) is 0.222. The molecule has 0 saturated carbocycles. The predicted molar refractivity (Wildman–Crippen MR) is 127 cm³/mol. The van der Waals surface area contributed by atoms with Gasteiger partial charge in [-0.2, -0.15) is 0 Å². The number of hydrogen-bond donors (Lipinski definition) is 1. The Morgan fingerprint density at radius 2 is 1.85 bits per heavy atom. The first-order chi connectivity index (χ1) is 16.5. The molecular weight excluding hydrogens is 432 g/mol. The maximum Gasteiger partial charge on any atom is 0.295 e. The number of carbonyl (C=O) groups excluding carboxylic acids is 2. The molecule has 1 aliphatic heterocycles. The van der Waals surface area contributed by atoms with Crippen molar-refractivity contribution in [3.63, 3.8) is 0 Å². The molecule has 1 fully saturated rings. The molecule has 1 aliphatic rings. The van der Waals surface area contributed by atoms with E-state index < -0.39 is 17.7 Å². The maximum atomic E-state index is 13.2. The quantitative estimate of drug-likeness (QED) is 0.304. The number of hydrogen-bond acceptors (Lipinski definition) is 6. The van der Waals surface area contributed by atoms with Gasteiger partial charge in [-0.15, -0.1) is 0 Å². The third-order valence-electron chi connectivity index (χ3n) is 5.63. The summed E-state index contributed by atoms with van der Waals surface area (Å²) < 4.78 is 10.9. The highest BCUT2D eigenvalue weighted by Gasteiger charge is 2.46. The molecule has 0 radical (unpaired) electrons. The smallest absolute Gasteiger partial charge is 0.295 e. The van der Waals surface area contributed by atoms with Crippen LogP contribution < -0.4 is 9.47 Å². The van der Waals surface area contributed by atoms with Gasteiger partial charge in [0.15, 0.2) is 0 Å². The fourth-order valence-electron chi connectivity index (χ4n) is 3.97.